The summed E-state index contributed by atoms with van der Waals surface area (Å²) < 4.78 is 46.3. The van der Waals surface area contributed by atoms with Crippen LogP contribution in [0.15, 0.2) is 42.6 Å². The maximum absolute atomic E-state index is 13.7. The minimum Gasteiger partial charge on any atom is -0.399 e. The first kappa shape index (κ1) is 17.5. The quantitative estimate of drug-likeness (QED) is 0.693. The normalized spacial score (nSPS) is 15.3. The third kappa shape index (κ3) is 3.52. The smallest absolute Gasteiger partial charge is 0.399 e. The lowest BCUT2D eigenvalue weighted by atomic mass is 10.1. The van der Waals surface area contributed by atoms with Gasteiger partial charge < -0.3 is 15.4 Å². The van der Waals surface area contributed by atoms with Crippen LogP contribution in [0.3, 0.4) is 0 Å². The molecular formula is C19H17F3N4O. The number of alkyl halides is 3. The Labute approximate surface area is 153 Å². The number of hydrogen-bond donors (Lipinski definition) is 1. The topological polar surface area (TPSA) is 64.3 Å². The van der Waals surface area contributed by atoms with E-state index in [1.165, 1.54) is 6.07 Å². The van der Waals surface area contributed by atoms with Gasteiger partial charge in [0.2, 0.25) is 0 Å². The van der Waals surface area contributed by atoms with Crippen molar-refractivity contribution in [2.75, 3.05) is 36.9 Å². The SMILES string of the molecule is Nc1ccc2cnc(-c3ccc(N4CCOCC4)c(C(F)(F)F)c3)nc2c1. The van der Waals surface area contributed by atoms with Gasteiger partial charge in [-0.25, -0.2) is 9.97 Å². The Hall–Kier alpha value is -2.87. The fourth-order valence-electron chi connectivity index (χ4n) is 3.16. The van der Waals surface area contributed by atoms with Crippen molar-refractivity contribution in [2.24, 2.45) is 0 Å². The van der Waals surface area contributed by atoms with E-state index >= 15 is 0 Å². The fraction of sp³-hybridized carbons (Fsp3) is 0.263. The number of fused-ring (bicyclic) bond motifs is 1. The molecule has 1 aromatic heterocycles. The Morgan fingerprint density at radius 2 is 1.81 bits per heavy atom. The molecule has 2 aromatic carbocycles. The zero-order chi connectivity index (χ0) is 19.0. The van der Waals surface area contributed by atoms with E-state index in [4.69, 9.17) is 10.5 Å². The van der Waals surface area contributed by atoms with Gasteiger partial charge in [0.05, 0.1) is 24.3 Å². The summed E-state index contributed by atoms with van der Waals surface area (Å²) in [6.45, 7) is 1.67. The molecule has 0 unspecified atom stereocenters. The molecular weight excluding hydrogens is 357 g/mol. The van der Waals surface area contributed by atoms with Crippen molar-refractivity contribution in [1.82, 2.24) is 9.97 Å². The molecule has 0 radical (unpaired) electrons. The summed E-state index contributed by atoms with van der Waals surface area (Å²) in [5, 5.41) is 0.772. The first-order valence-electron chi connectivity index (χ1n) is 8.48. The first-order valence-corrected chi connectivity index (χ1v) is 8.48. The zero-order valence-electron chi connectivity index (χ0n) is 14.3. The molecule has 27 heavy (non-hydrogen) atoms. The van der Waals surface area contributed by atoms with Gasteiger partial charge >= 0.3 is 6.18 Å². The predicted octanol–water partition coefficient (Wildman–Crippen LogP) is 3.73. The van der Waals surface area contributed by atoms with Gasteiger partial charge in [-0.15, -0.1) is 0 Å². The van der Waals surface area contributed by atoms with Crippen LogP contribution in [0.4, 0.5) is 24.5 Å². The van der Waals surface area contributed by atoms with Crippen LogP contribution in [0, 0.1) is 0 Å². The number of nitrogens with zero attached hydrogens (tertiary/aromatic N) is 3. The first-order chi connectivity index (χ1) is 12.9. The summed E-state index contributed by atoms with van der Waals surface area (Å²) in [6, 6.07) is 9.39. The van der Waals surface area contributed by atoms with E-state index in [9.17, 15) is 13.2 Å². The van der Waals surface area contributed by atoms with E-state index in [0.717, 1.165) is 11.5 Å². The van der Waals surface area contributed by atoms with Gasteiger partial charge in [0.15, 0.2) is 5.82 Å². The van der Waals surface area contributed by atoms with Gasteiger partial charge in [-0.05, 0) is 36.4 Å². The molecule has 3 aromatic rings. The Morgan fingerprint density at radius 1 is 1.04 bits per heavy atom. The van der Waals surface area contributed by atoms with Crippen LogP contribution in [0.2, 0.25) is 0 Å². The molecule has 1 fully saturated rings. The fourth-order valence-corrected chi connectivity index (χ4v) is 3.16. The second kappa shape index (κ2) is 6.70. The van der Waals surface area contributed by atoms with E-state index in [0.29, 0.717) is 43.1 Å². The number of anilines is 2. The lowest BCUT2D eigenvalue weighted by Gasteiger charge is -2.31. The molecule has 140 valence electrons. The van der Waals surface area contributed by atoms with Crippen molar-refractivity contribution < 1.29 is 17.9 Å². The zero-order valence-corrected chi connectivity index (χ0v) is 14.3. The van der Waals surface area contributed by atoms with Crippen molar-refractivity contribution in [2.45, 2.75) is 6.18 Å². The highest BCUT2D eigenvalue weighted by Gasteiger charge is 2.35. The summed E-state index contributed by atoms with van der Waals surface area (Å²) in [7, 11) is 0. The van der Waals surface area contributed by atoms with Gasteiger partial charge in [0, 0.05) is 41.6 Å². The van der Waals surface area contributed by atoms with Gasteiger partial charge in [0.25, 0.3) is 0 Å². The van der Waals surface area contributed by atoms with Crippen molar-refractivity contribution >= 4 is 22.3 Å². The van der Waals surface area contributed by atoms with Crippen LogP contribution in [0.1, 0.15) is 5.56 Å². The average molecular weight is 374 g/mol. The number of hydrogen-bond acceptors (Lipinski definition) is 5. The van der Waals surface area contributed by atoms with E-state index in [1.54, 1.807) is 35.4 Å². The van der Waals surface area contributed by atoms with Crippen LogP contribution in [0.5, 0.6) is 0 Å². The summed E-state index contributed by atoms with van der Waals surface area (Å²) in [5.74, 6) is 0.229. The van der Waals surface area contributed by atoms with E-state index < -0.39 is 11.7 Å². The van der Waals surface area contributed by atoms with Crippen LogP contribution < -0.4 is 10.6 Å². The minimum atomic E-state index is -4.48. The predicted molar refractivity (Wildman–Crippen MR) is 97.4 cm³/mol. The highest BCUT2D eigenvalue weighted by atomic mass is 19.4. The Balaban J connectivity index is 1.79. The molecule has 0 spiro atoms. The van der Waals surface area contributed by atoms with Crippen molar-refractivity contribution in [3.63, 3.8) is 0 Å². The van der Waals surface area contributed by atoms with Gasteiger partial charge in [-0.2, -0.15) is 13.2 Å². The van der Waals surface area contributed by atoms with Crippen molar-refractivity contribution in [1.29, 1.82) is 0 Å². The molecule has 0 bridgehead atoms. The van der Waals surface area contributed by atoms with Gasteiger partial charge in [0.1, 0.15) is 0 Å². The third-order valence-electron chi connectivity index (χ3n) is 4.52. The second-order valence-electron chi connectivity index (χ2n) is 6.34. The Bertz CT molecular complexity index is 984. The van der Waals surface area contributed by atoms with Crippen LogP contribution in [-0.4, -0.2) is 36.3 Å². The van der Waals surface area contributed by atoms with E-state index in [2.05, 4.69) is 9.97 Å². The molecule has 0 atom stereocenters. The van der Waals surface area contributed by atoms with Gasteiger partial charge in [-0.1, -0.05) is 0 Å². The number of ether oxygens (including phenoxy) is 1. The summed E-state index contributed by atoms with van der Waals surface area (Å²) in [5.41, 5.74) is 6.66. The second-order valence-corrected chi connectivity index (χ2v) is 6.34. The standard InChI is InChI=1S/C19H17F3N4O/c20-19(21,22)15-9-12(2-4-17(15)26-5-7-27-8-6-26)18-24-11-13-1-3-14(23)10-16(13)25-18/h1-4,9-11H,5-8,23H2. The van der Waals surface area contributed by atoms with Crippen LogP contribution >= 0.6 is 0 Å². The van der Waals surface area contributed by atoms with Crippen LogP contribution in [-0.2, 0) is 10.9 Å². The largest absolute Gasteiger partial charge is 0.418 e. The summed E-state index contributed by atoms with van der Waals surface area (Å²) >= 11 is 0. The molecule has 1 saturated heterocycles. The maximum Gasteiger partial charge on any atom is 0.418 e. The molecule has 1 aliphatic heterocycles. The monoisotopic (exact) mass is 374 g/mol. The molecule has 2 N–H and O–H groups in total. The number of nitrogen functional groups attached to an aromatic ring is 1. The third-order valence-corrected chi connectivity index (χ3v) is 4.52. The Morgan fingerprint density at radius 3 is 2.56 bits per heavy atom. The molecule has 8 heteroatoms. The average Bonchev–Trinajstić information content (AvgIpc) is 2.67. The molecule has 0 amide bonds. The molecule has 0 saturated carbocycles. The number of benzene rings is 2. The van der Waals surface area contributed by atoms with E-state index in [1.807, 2.05) is 0 Å². The number of aromatic nitrogens is 2. The lowest BCUT2D eigenvalue weighted by Crippen LogP contribution is -2.37. The summed E-state index contributed by atoms with van der Waals surface area (Å²) in [6.07, 6.45) is -2.90. The maximum atomic E-state index is 13.7. The number of nitrogens with two attached hydrogens (primary N) is 1. The molecule has 4 rings (SSSR count). The number of morpholine rings is 1. The van der Waals surface area contributed by atoms with Crippen molar-refractivity contribution in [3.8, 4) is 11.4 Å². The van der Waals surface area contributed by atoms with E-state index in [-0.39, 0.29) is 11.5 Å². The highest BCUT2D eigenvalue weighted by molar-refractivity contribution is 5.82. The number of rotatable bonds is 2. The van der Waals surface area contributed by atoms with Crippen LogP contribution in [0.25, 0.3) is 22.3 Å². The van der Waals surface area contributed by atoms with Crippen molar-refractivity contribution in [3.05, 3.63) is 48.2 Å². The van der Waals surface area contributed by atoms with Gasteiger partial charge in [-0.3, -0.25) is 0 Å². The summed E-state index contributed by atoms with van der Waals surface area (Å²) in [4.78, 5) is 10.3. The molecule has 0 aliphatic carbocycles. The highest BCUT2D eigenvalue weighted by Crippen LogP contribution is 2.39. The lowest BCUT2D eigenvalue weighted by molar-refractivity contribution is -0.137. The number of halogens is 3. The molecule has 1 aliphatic rings. The minimum absolute atomic E-state index is 0.152. The molecule has 2 heterocycles. The Kier molecular flexibility index (Phi) is 4.35. The molecule has 5 nitrogen and oxygen atoms in total.